The first-order chi connectivity index (χ1) is 5.29. The molecule has 0 amide bonds. The van der Waals surface area contributed by atoms with Gasteiger partial charge in [-0.15, -0.1) is 9.42 Å². The fourth-order valence-corrected chi connectivity index (χ4v) is 1.53. The van der Waals surface area contributed by atoms with Crippen LogP contribution in [0.2, 0.25) is 0 Å². The van der Waals surface area contributed by atoms with E-state index in [4.69, 9.17) is 4.89 Å². The Bertz CT molecular complexity index is 136. The van der Waals surface area contributed by atoms with Crippen molar-refractivity contribution in [2.75, 3.05) is 13.2 Å². The van der Waals surface area contributed by atoms with Crippen LogP contribution in [0.4, 0.5) is 0 Å². The summed E-state index contributed by atoms with van der Waals surface area (Å²) in [5.74, 6) is 0. The lowest BCUT2D eigenvalue weighted by Gasteiger charge is -2.20. The molecule has 1 rings (SSSR count). The highest BCUT2D eigenvalue weighted by atomic mass is 31.1. The molecule has 0 spiro atoms. The Labute approximate surface area is 66.9 Å². The van der Waals surface area contributed by atoms with Gasteiger partial charge >= 0.3 is 8.25 Å². The molecule has 0 radical (unpaired) electrons. The molecule has 0 aromatic carbocycles. The van der Waals surface area contributed by atoms with Crippen molar-refractivity contribution in [1.82, 2.24) is 5.32 Å². The summed E-state index contributed by atoms with van der Waals surface area (Å²) in [6.07, 6.45) is 3.42. The van der Waals surface area contributed by atoms with Gasteiger partial charge in [0.25, 0.3) is 0 Å². The average Bonchev–Trinajstić information content (AvgIpc) is 2.03. The van der Waals surface area contributed by atoms with Gasteiger partial charge in [-0.3, -0.25) is 0 Å². The Morgan fingerprint density at radius 1 is 1.64 bits per heavy atom. The first-order valence-corrected chi connectivity index (χ1v) is 4.94. The Morgan fingerprint density at radius 2 is 2.45 bits per heavy atom. The second-order valence-electron chi connectivity index (χ2n) is 2.68. The summed E-state index contributed by atoms with van der Waals surface area (Å²) in [6, 6.07) is 0.273. The van der Waals surface area contributed by atoms with E-state index in [2.05, 4.69) is 9.84 Å². The van der Waals surface area contributed by atoms with Crippen molar-refractivity contribution in [3.05, 3.63) is 0 Å². The maximum Gasteiger partial charge on any atom is 0.694 e. The summed E-state index contributed by atoms with van der Waals surface area (Å²) in [5.41, 5.74) is 0. The molecule has 11 heavy (non-hydrogen) atoms. The molecule has 0 aromatic rings. The van der Waals surface area contributed by atoms with E-state index in [0.29, 0.717) is 6.61 Å². The predicted molar refractivity (Wildman–Crippen MR) is 41.4 cm³/mol. The minimum atomic E-state index is -2.42. The quantitative estimate of drug-likeness (QED) is 0.627. The zero-order chi connectivity index (χ0) is 8.10. The van der Waals surface area contributed by atoms with Crippen LogP contribution < -0.4 is 5.32 Å². The lowest BCUT2D eigenvalue weighted by atomic mass is 10.1. The molecule has 1 heterocycles. The molecule has 5 heteroatoms. The molecule has 2 N–H and O–H groups in total. The van der Waals surface area contributed by atoms with Gasteiger partial charge in [-0.2, -0.15) is 0 Å². The summed E-state index contributed by atoms with van der Waals surface area (Å²) in [4.78, 5) is 8.34. The minimum absolute atomic E-state index is 0.273. The van der Waals surface area contributed by atoms with Crippen molar-refractivity contribution in [3.8, 4) is 0 Å². The molecule has 4 nitrogen and oxygen atoms in total. The maximum atomic E-state index is 10.1. The first kappa shape index (κ1) is 9.07. The van der Waals surface area contributed by atoms with E-state index in [9.17, 15) is 4.57 Å². The molecule has 1 saturated heterocycles. The van der Waals surface area contributed by atoms with Gasteiger partial charge in [-0.05, 0) is 19.4 Å². The molecule has 0 aromatic heterocycles. The van der Waals surface area contributed by atoms with Gasteiger partial charge in [-0.1, -0.05) is 6.42 Å². The molecule has 1 fully saturated rings. The number of hydrogen-bond acceptors (Lipinski definition) is 3. The standard InChI is InChI=1S/C6H12NO3P/c8-11(9)10-5-6-3-1-2-4-7-6/h6-7H,1-5H2/p+1. The van der Waals surface area contributed by atoms with Gasteiger partial charge in [0.2, 0.25) is 0 Å². The fraction of sp³-hybridized carbons (Fsp3) is 1.00. The molecule has 1 aliphatic heterocycles. The Hall–Kier alpha value is -0.0200. The molecule has 0 bridgehead atoms. The average molecular weight is 178 g/mol. The minimum Gasteiger partial charge on any atom is -0.311 e. The van der Waals surface area contributed by atoms with Crippen LogP contribution in [-0.4, -0.2) is 24.1 Å². The van der Waals surface area contributed by atoms with E-state index in [0.717, 1.165) is 13.0 Å². The van der Waals surface area contributed by atoms with Crippen LogP contribution in [0.25, 0.3) is 0 Å². The highest BCUT2D eigenvalue weighted by molar-refractivity contribution is 7.32. The van der Waals surface area contributed by atoms with Gasteiger partial charge in [0.05, 0.1) is 0 Å². The van der Waals surface area contributed by atoms with Crippen molar-refractivity contribution in [2.45, 2.75) is 25.3 Å². The van der Waals surface area contributed by atoms with Gasteiger partial charge in [-0.25, -0.2) is 0 Å². The zero-order valence-electron chi connectivity index (χ0n) is 6.32. The number of hydrogen-bond donors (Lipinski definition) is 2. The van der Waals surface area contributed by atoms with E-state index in [1.54, 1.807) is 0 Å². The van der Waals surface area contributed by atoms with Crippen LogP contribution in [-0.2, 0) is 9.09 Å². The summed E-state index contributed by atoms with van der Waals surface area (Å²) in [7, 11) is -2.42. The molecule has 2 unspecified atom stereocenters. The molecule has 2 atom stereocenters. The van der Waals surface area contributed by atoms with Crippen LogP contribution >= 0.6 is 8.25 Å². The van der Waals surface area contributed by atoms with Crippen molar-refractivity contribution in [3.63, 3.8) is 0 Å². The monoisotopic (exact) mass is 178 g/mol. The van der Waals surface area contributed by atoms with Crippen LogP contribution in [0.15, 0.2) is 0 Å². The summed E-state index contributed by atoms with van der Waals surface area (Å²) in [5, 5.41) is 3.21. The third-order valence-electron chi connectivity index (χ3n) is 1.80. The maximum absolute atomic E-state index is 10.1. The summed E-state index contributed by atoms with van der Waals surface area (Å²) >= 11 is 0. The molecule has 1 aliphatic rings. The molecule has 64 valence electrons. The second-order valence-corrected chi connectivity index (χ2v) is 3.41. The number of nitrogens with one attached hydrogen (secondary N) is 1. The van der Waals surface area contributed by atoms with Crippen LogP contribution in [0.1, 0.15) is 19.3 Å². The van der Waals surface area contributed by atoms with Gasteiger partial charge in [0.1, 0.15) is 6.61 Å². The third kappa shape index (κ3) is 3.77. The van der Waals surface area contributed by atoms with Crippen LogP contribution in [0.3, 0.4) is 0 Å². The predicted octanol–water partition coefficient (Wildman–Crippen LogP) is 0.795. The van der Waals surface area contributed by atoms with Crippen molar-refractivity contribution < 1.29 is 14.0 Å². The highest BCUT2D eigenvalue weighted by Crippen LogP contribution is 2.16. The van der Waals surface area contributed by atoms with E-state index in [1.165, 1.54) is 12.8 Å². The van der Waals surface area contributed by atoms with Crippen LogP contribution in [0, 0.1) is 0 Å². The summed E-state index contributed by atoms with van der Waals surface area (Å²) < 4.78 is 14.7. The Kier molecular flexibility index (Phi) is 3.94. The molecule has 0 saturated carbocycles. The van der Waals surface area contributed by atoms with Crippen LogP contribution in [0.5, 0.6) is 0 Å². The number of piperidine rings is 1. The lowest BCUT2D eigenvalue weighted by Crippen LogP contribution is -2.36. The first-order valence-electron chi connectivity index (χ1n) is 3.81. The Balaban J connectivity index is 2.09. The largest absolute Gasteiger partial charge is 0.694 e. The fourth-order valence-electron chi connectivity index (χ4n) is 1.22. The SMILES string of the molecule is O=[P+](O)OCC1CCCCN1. The highest BCUT2D eigenvalue weighted by Gasteiger charge is 2.19. The van der Waals surface area contributed by atoms with E-state index in [1.807, 2.05) is 0 Å². The third-order valence-corrected chi connectivity index (χ3v) is 2.17. The lowest BCUT2D eigenvalue weighted by molar-refractivity contribution is 0.224. The summed E-state index contributed by atoms with van der Waals surface area (Å²) in [6.45, 7) is 1.35. The molecular weight excluding hydrogens is 165 g/mol. The molecule has 0 aliphatic carbocycles. The van der Waals surface area contributed by atoms with Crippen molar-refractivity contribution in [1.29, 1.82) is 0 Å². The van der Waals surface area contributed by atoms with E-state index < -0.39 is 8.25 Å². The molecular formula is C6H13NO3P+. The van der Waals surface area contributed by atoms with Gasteiger partial charge in [0.15, 0.2) is 0 Å². The second kappa shape index (κ2) is 4.78. The van der Waals surface area contributed by atoms with E-state index in [-0.39, 0.29) is 6.04 Å². The van der Waals surface area contributed by atoms with Gasteiger partial charge in [0, 0.05) is 10.6 Å². The zero-order valence-corrected chi connectivity index (χ0v) is 7.22. The topological polar surface area (TPSA) is 58.6 Å². The smallest absolute Gasteiger partial charge is 0.311 e. The number of rotatable bonds is 3. The van der Waals surface area contributed by atoms with Crippen molar-refractivity contribution in [2.24, 2.45) is 0 Å². The normalized spacial score (nSPS) is 26.6. The van der Waals surface area contributed by atoms with Crippen molar-refractivity contribution >= 4 is 8.25 Å². The van der Waals surface area contributed by atoms with E-state index >= 15 is 0 Å². The Morgan fingerprint density at radius 3 is 3.00 bits per heavy atom. The van der Waals surface area contributed by atoms with Gasteiger partial charge < -0.3 is 5.32 Å².